The lowest BCUT2D eigenvalue weighted by atomic mass is 9.79. The number of hydrogen-bond donors (Lipinski definition) is 0. The van der Waals surface area contributed by atoms with Crippen LogP contribution in [0.4, 0.5) is 0 Å². The smallest absolute Gasteiger partial charge is 0.0315 e. The Balaban J connectivity index is 1.49. The van der Waals surface area contributed by atoms with Gasteiger partial charge in [-0.1, -0.05) is 19.8 Å². The van der Waals surface area contributed by atoms with E-state index < -0.39 is 0 Å². The molecule has 15 heavy (non-hydrogen) atoms. The maximum atomic E-state index is 2.39. The van der Waals surface area contributed by atoms with Crippen molar-refractivity contribution in [1.82, 2.24) is 0 Å². The lowest BCUT2D eigenvalue weighted by Crippen LogP contribution is -2.20. The fourth-order valence-corrected chi connectivity index (χ4v) is 6.79. The van der Waals surface area contributed by atoms with Gasteiger partial charge in [0.05, 0.1) is 0 Å². The molecular weight excluding hydrogens is 180 g/mol. The molecule has 5 rings (SSSR count). The highest BCUT2D eigenvalue weighted by atomic mass is 14.8. The van der Waals surface area contributed by atoms with Gasteiger partial charge in [-0.05, 0) is 72.5 Å². The Kier molecular flexibility index (Phi) is 1.25. The van der Waals surface area contributed by atoms with Gasteiger partial charge < -0.3 is 0 Å². The van der Waals surface area contributed by atoms with Gasteiger partial charge in [0.2, 0.25) is 0 Å². The molecule has 0 bridgehead atoms. The van der Waals surface area contributed by atoms with Gasteiger partial charge in [-0.2, -0.15) is 0 Å². The van der Waals surface area contributed by atoms with Gasteiger partial charge in [-0.3, -0.25) is 0 Å². The minimum Gasteiger partial charge on any atom is -0.0654 e. The van der Waals surface area contributed by atoms with Crippen LogP contribution < -0.4 is 0 Å². The van der Waals surface area contributed by atoms with Crippen LogP contribution in [0.1, 0.15) is 39.0 Å². The topological polar surface area (TPSA) is 0 Å². The van der Waals surface area contributed by atoms with E-state index in [0.717, 1.165) is 0 Å². The average molecular weight is 202 g/mol. The van der Waals surface area contributed by atoms with E-state index in [1.54, 1.807) is 25.7 Å². The molecule has 0 heterocycles. The zero-order valence-corrected chi connectivity index (χ0v) is 9.73. The van der Waals surface area contributed by atoms with Crippen LogP contribution in [0.5, 0.6) is 0 Å². The fourth-order valence-electron chi connectivity index (χ4n) is 6.79. The summed E-state index contributed by atoms with van der Waals surface area (Å²) >= 11 is 0. The number of fused-ring (bicyclic) bond motifs is 6. The first-order valence-electron chi connectivity index (χ1n) is 7.40. The van der Waals surface area contributed by atoms with Crippen molar-refractivity contribution in [2.24, 2.45) is 53.3 Å². The zero-order chi connectivity index (χ0) is 9.73. The monoisotopic (exact) mass is 202 g/mol. The van der Waals surface area contributed by atoms with Crippen LogP contribution in [0.2, 0.25) is 0 Å². The van der Waals surface area contributed by atoms with E-state index >= 15 is 0 Å². The Morgan fingerprint density at radius 3 is 2.40 bits per heavy atom. The highest BCUT2D eigenvalue weighted by molar-refractivity contribution is 5.24. The van der Waals surface area contributed by atoms with E-state index in [0.29, 0.717) is 0 Å². The first-order valence-corrected chi connectivity index (χ1v) is 7.40. The SMILES string of the molecule is CCCC1CC2C3C1C1CC4CC4C1C23. The van der Waals surface area contributed by atoms with Gasteiger partial charge in [0, 0.05) is 0 Å². The van der Waals surface area contributed by atoms with Gasteiger partial charge in [0.25, 0.3) is 0 Å². The first-order chi connectivity index (χ1) is 7.40. The van der Waals surface area contributed by atoms with Crippen molar-refractivity contribution in [3.8, 4) is 0 Å². The molecule has 0 spiro atoms. The molecule has 5 saturated carbocycles. The van der Waals surface area contributed by atoms with Crippen molar-refractivity contribution in [3.63, 3.8) is 0 Å². The molecule has 0 amide bonds. The van der Waals surface area contributed by atoms with Crippen LogP contribution in [0, 0.1) is 53.3 Å². The van der Waals surface area contributed by atoms with Gasteiger partial charge in [0.15, 0.2) is 0 Å². The van der Waals surface area contributed by atoms with Gasteiger partial charge in [0.1, 0.15) is 0 Å². The van der Waals surface area contributed by atoms with Crippen LogP contribution in [0.15, 0.2) is 0 Å². The fraction of sp³-hybridized carbons (Fsp3) is 1.00. The highest BCUT2D eigenvalue weighted by Gasteiger charge is 2.76. The van der Waals surface area contributed by atoms with Crippen molar-refractivity contribution >= 4 is 0 Å². The second-order valence-electron chi connectivity index (χ2n) is 7.32. The van der Waals surface area contributed by atoms with Gasteiger partial charge >= 0.3 is 0 Å². The Labute approximate surface area is 92.8 Å². The molecule has 0 aliphatic heterocycles. The molecule has 5 aliphatic rings. The zero-order valence-electron chi connectivity index (χ0n) is 9.73. The molecule has 9 unspecified atom stereocenters. The van der Waals surface area contributed by atoms with E-state index in [1.165, 1.54) is 59.7 Å². The summed E-state index contributed by atoms with van der Waals surface area (Å²) in [6.45, 7) is 2.39. The molecule has 0 aromatic heterocycles. The van der Waals surface area contributed by atoms with Crippen LogP contribution >= 0.6 is 0 Å². The molecule has 0 heteroatoms. The first kappa shape index (κ1) is 8.14. The average Bonchev–Trinajstić information content (AvgIpc) is 3.01. The largest absolute Gasteiger partial charge is 0.0654 e. The summed E-state index contributed by atoms with van der Waals surface area (Å²) < 4.78 is 0. The third-order valence-electron chi connectivity index (χ3n) is 7.00. The Bertz CT molecular complexity index is 320. The minimum atomic E-state index is 1.17. The predicted molar refractivity (Wildman–Crippen MR) is 60.2 cm³/mol. The molecule has 0 aromatic rings. The van der Waals surface area contributed by atoms with E-state index in [-0.39, 0.29) is 0 Å². The third-order valence-corrected chi connectivity index (χ3v) is 7.00. The molecule has 82 valence electrons. The summed E-state index contributed by atoms with van der Waals surface area (Å²) in [6, 6.07) is 0. The molecule has 0 nitrogen and oxygen atoms in total. The minimum absolute atomic E-state index is 1.17. The van der Waals surface area contributed by atoms with E-state index in [1.807, 2.05) is 0 Å². The van der Waals surface area contributed by atoms with Crippen molar-refractivity contribution < 1.29 is 0 Å². The van der Waals surface area contributed by atoms with Crippen molar-refractivity contribution in [2.45, 2.75) is 39.0 Å². The van der Waals surface area contributed by atoms with Crippen molar-refractivity contribution in [1.29, 1.82) is 0 Å². The van der Waals surface area contributed by atoms with Gasteiger partial charge in [-0.25, -0.2) is 0 Å². The summed E-state index contributed by atoms with van der Waals surface area (Å²) in [7, 11) is 0. The Hall–Kier alpha value is 0. The molecule has 0 saturated heterocycles. The standard InChI is InChI=1S/C15H22/c1-2-3-7-4-11-14-12(7)10-6-8-5-9(8)13(10)15(11)14/h7-15H,2-6H2,1H3. The van der Waals surface area contributed by atoms with Crippen LogP contribution in [0.25, 0.3) is 0 Å². The molecule has 0 N–H and O–H groups in total. The molecule has 0 aromatic carbocycles. The highest BCUT2D eigenvalue weighted by Crippen LogP contribution is 2.82. The number of rotatable bonds is 2. The van der Waals surface area contributed by atoms with E-state index in [9.17, 15) is 0 Å². The van der Waals surface area contributed by atoms with Gasteiger partial charge in [-0.15, -0.1) is 0 Å². The molecule has 9 atom stereocenters. The predicted octanol–water partition coefficient (Wildman–Crippen LogP) is 3.57. The molecule has 5 aliphatic carbocycles. The Morgan fingerprint density at radius 2 is 1.53 bits per heavy atom. The second-order valence-corrected chi connectivity index (χ2v) is 7.32. The number of hydrogen-bond acceptors (Lipinski definition) is 0. The normalized spacial score (nSPS) is 71.4. The Morgan fingerprint density at radius 1 is 0.800 bits per heavy atom. The summed E-state index contributed by atoms with van der Waals surface area (Å²) in [5, 5.41) is 0. The van der Waals surface area contributed by atoms with Crippen LogP contribution in [-0.4, -0.2) is 0 Å². The molecule has 0 radical (unpaired) electrons. The molecule has 5 fully saturated rings. The summed E-state index contributed by atoms with van der Waals surface area (Å²) in [6.07, 6.45) is 7.96. The van der Waals surface area contributed by atoms with Crippen LogP contribution in [-0.2, 0) is 0 Å². The third kappa shape index (κ3) is 0.775. The van der Waals surface area contributed by atoms with Crippen molar-refractivity contribution in [3.05, 3.63) is 0 Å². The lowest BCUT2D eigenvalue weighted by Gasteiger charge is -2.26. The lowest BCUT2D eigenvalue weighted by molar-refractivity contribution is 0.223. The summed E-state index contributed by atoms with van der Waals surface area (Å²) in [4.78, 5) is 0. The summed E-state index contributed by atoms with van der Waals surface area (Å²) in [5.41, 5.74) is 0. The quantitative estimate of drug-likeness (QED) is 0.642. The van der Waals surface area contributed by atoms with Crippen LogP contribution in [0.3, 0.4) is 0 Å². The second kappa shape index (κ2) is 2.31. The maximum Gasteiger partial charge on any atom is -0.0315 e. The van der Waals surface area contributed by atoms with E-state index in [4.69, 9.17) is 0 Å². The van der Waals surface area contributed by atoms with E-state index in [2.05, 4.69) is 6.92 Å². The van der Waals surface area contributed by atoms with Crippen molar-refractivity contribution in [2.75, 3.05) is 0 Å². The molecular formula is C15H22. The maximum absolute atomic E-state index is 2.39. The summed E-state index contributed by atoms with van der Waals surface area (Å²) in [5.74, 6) is 11.2.